The van der Waals surface area contributed by atoms with Gasteiger partial charge in [-0.1, -0.05) is 28.1 Å². The zero-order valence-corrected chi connectivity index (χ0v) is 15.3. The summed E-state index contributed by atoms with van der Waals surface area (Å²) >= 11 is 3.41. The summed E-state index contributed by atoms with van der Waals surface area (Å²) < 4.78 is 1.04. The molecule has 24 heavy (non-hydrogen) atoms. The molecule has 5 nitrogen and oxygen atoms in total. The lowest BCUT2D eigenvalue weighted by Crippen LogP contribution is -2.29. The Morgan fingerprint density at radius 1 is 0.958 bits per heavy atom. The molecule has 0 aliphatic heterocycles. The average molecular weight is 390 g/mol. The molecule has 126 valence electrons. The van der Waals surface area contributed by atoms with E-state index >= 15 is 0 Å². The number of hydrogen-bond donors (Lipinski definition) is 2. The Balaban J connectivity index is 1.83. The van der Waals surface area contributed by atoms with Crippen LogP contribution in [0.1, 0.15) is 12.5 Å². The van der Waals surface area contributed by atoms with Crippen LogP contribution in [-0.2, 0) is 16.1 Å². The molecule has 2 aromatic carbocycles. The molecule has 2 N–H and O–H groups in total. The number of halogens is 1. The number of nitrogens with zero attached hydrogens (tertiary/aromatic N) is 1. The second kappa shape index (κ2) is 8.61. The van der Waals surface area contributed by atoms with Gasteiger partial charge in [0.2, 0.25) is 11.8 Å². The Hall–Kier alpha value is -2.18. The van der Waals surface area contributed by atoms with Gasteiger partial charge in [-0.3, -0.25) is 14.5 Å². The van der Waals surface area contributed by atoms with Crippen LogP contribution in [0, 0.1) is 0 Å². The summed E-state index contributed by atoms with van der Waals surface area (Å²) in [4.78, 5) is 25.0. The molecule has 0 fully saturated rings. The number of anilines is 2. The first-order chi connectivity index (χ1) is 11.4. The summed E-state index contributed by atoms with van der Waals surface area (Å²) in [6, 6.07) is 15.1. The van der Waals surface area contributed by atoms with E-state index in [2.05, 4.69) is 26.6 Å². The Kier molecular flexibility index (Phi) is 6.52. The van der Waals surface area contributed by atoms with Gasteiger partial charge < -0.3 is 10.6 Å². The molecule has 0 aliphatic rings. The molecule has 0 bridgehead atoms. The Labute approximate surface area is 150 Å². The average Bonchev–Trinajstić information content (AvgIpc) is 2.51. The Bertz CT molecular complexity index is 699. The van der Waals surface area contributed by atoms with Crippen LogP contribution in [0.15, 0.2) is 53.0 Å². The standard InChI is InChI=1S/C18H20BrN3O2/c1-13(23)20-16-7-9-17(10-8-16)21-18(24)12-22(2)11-14-3-5-15(19)6-4-14/h3-10H,11-12H2,1-2H3,(H,20,23)(H,21,24). The van der Waals surface area contributed by atoms with Crippen LogP contribution in [0.5, 0.6) is 0 Å². The third kappa shape index (κ3) is 6.14. The van der Waals surface area contributed by atoms with Crippen LogP contribution in [0.25, 0.3) is 0 Å². The number of nitrogens with one attached hydrogen (secondary N) is 2. The summed E-state index contributed by atoms with van der Waals surface area (Å²) in [5.74, 6) is -0.205. The number of rotatable bonds is 6. The van der Waals surface area contributed by atoms with E-state index in [0.717, 1.165) is 10.0 Å². The number of likely N-dealkylation sites (N-methyl/N-ethyl adjacent to an activating group) is 1. The molecule has 0 heterocycles. The predicted octanol–water partition coefficient (Wildman–Crippen LogP) is 3.48. The van der Waals surface area contributed by atoms with Gasteiger partial charge in [0.25, 0.3) is 0 Å². The van der Waals surface area contributed by atoms with Gasteiger partial charge in [0, 0.05) is 29.3 Å². The van der Waals surface area contributed by atoms with Crippen molar-refractivity contribution in [1.82, 2.24) is 4.90 Å². The molecule has 0 unspecified atom stereocenters. The lowest BCUT2D eigenvalue weighted by molar-refractivity contribution is -0.117. The van der Waals surface area contributed by atoms with Crippen molar-refractivity contribution in [2.24, 2.45) is 0 Å². The second-order valence-electron chi connectivity index (χ2n) is 5.61. The molecule has 2 rings (SSSR count). The van der Waals surface area contributed by atoms with E-state index in [1.807, 2.05) is 36.2 Å². The maximum Gasteiger partial charge on any atom is 0.238 e. The fourth-order valence-corrected chi connectivity index (χ4v) is 2.51. The molecule has 0 saturated heterocycles. The van der Waals surface area contributed by atoms with Crippen molar-refractivity contribution in [3.63, 3.8) is 0 Å². The van der Waals surface area contributed by atoms with Gasteiger partial charge in [-0.2, -0.15) is 0 Å². The highest BCUT2D eigenvalue weighted by Gasteiger charge is 2.08. The van der Waals surface area contributed by atoms with Crippen molar-refractivity contribution in [3.8, 4) is 0 Å². The van der Waals surface area contributed by atoms with E-state index in [9.17, 15) is 9.59 Å². The van der Waals surface area contributed by atoms with Gasteiger partial charge in [0.15, 0.2) is 0 Å². The quantitative estimate of drug-likeness (QED) is 0.794. The monoisotopic (exact) mass is 389 g/mol. The molecule has 0 aliphatic carbocycles. The molecule has 0 saturated carbocycles. The van der Waals surface area contributed by atoms with Crippen molar-refractivity contribution in [2.75, 3.05) is 24.2 Å². The maximum atomic E-state index is 12.1. The van der Waals surface area contributed by atoms with Crippen LogP contribution in [-0.4, -0.2) is 30.3 Å². The zero-order chi connectivity index (χ0) is 17.5. The predicted molar refractivity (Wildman–Crippen MR) is 99.9 cm³/mol. The molecule has 2 aromatic rings. The summed E-state index contributed by atoms with van der Waals surface area (Å²) in [6.45, 7) is 2.45. The molecule has 0 atom stereocenters. The van der Waals surface area contributed by atoms with E-state index in [4.69, 9.17) is 0 Å². The number of benzene rings is 2. The summed E-state index contributed by atoms with van der Waals surface area (Å²) in [6.07, 6.45) is 0. The Morgan fingerprint density at radius 3 is 2.04 bits per heavy atom. The highest BCUT2D eigenvalue weighted by Crippen LogP contribution is 2.14. The third-order valence-electron chi connectivity index (χ3n) is 3.27. The topological polar surface area (TPSA) is 61.4 Å². The fraction of sp³-hybridized carbons (Fsp3) is 0.222. The van der Waals surface area contributed by atoms with E-state index in [1.54, 1.807) is 24.3 Å². The molecular weight excluding hydrogens is 370 g/mol. The van der Waals surface area contributed by atoms with Crippen LogP contribution >= 0.6 is 15.9 Å². The van der Waals surface area contributed by atoms with Crippen LogP contribution in [0.3, 0.4) is 0 Å². The first-order valence-electron chi connectivity index (χ1n) is 7.53. The first kappa shape index (κ1) is 18.2. The van der Waals surface area contributed by atoms with Crippen molar-refractivity contribution < 1.29 is 9.59 Å². The largest absolute Gasteiger partial charge is 0.326 e. The van der Waals surface area contributed by atoms with Gasteiger partial charge in [-0.05, 0) is 49.0 Å². The molecule has 0 spiro atoms. The summed E-state index contributed by atoms with van der Waals surface area (Å²) in [5.41, 5.74) is 2.55. The highest BCUT2D eigenvalue weighted by molar-refractivity contribution is 9.10. The molecule has 0 aromatic heterocycles. The van der Waals surface area contributed by atoms with Crippen molar-refractivity contribution in [2.45, 2.75) is 13.5 Å². The van der Waals surface area contributed by atoms with Crippen molar-refractivity contribution in [3.05, 3.63) is 58.6 Å². The number of carbonyl (C=O) groups is 2. The number of carbonyl (C=O) groups excluding carboxylic acids is 2. The van der Waals surface area contributed by atoms with Gasteiger partial charge in [-0.25, -0.2) is 0 Å². The van der Waals surface area contributed by atoms with Gasteiger partial charge >= 0.3 is 0 Å². The summed E-state index contributed by atoms with van der Waals surface area (Å²) in [5, 5.41) is 5.53. The summed E-state index contributed by atoms with van der Waals surface area (Å²) in [7, 11) is 1.90. The van der Waals surface area contributed by atoms with Crippen molar-refractivity contribution in [1.29, 1.82) is 0 Å². The van der Waals surface area contributed by atoms with Gasteiger partial charge in [-0.15, -0.1) is 0 Å². The van der Waals surface area contributed by atoms with Crippen LogP contribution in [0.4, 0.5) is 11.4 Å². The SMILES string of the molecule is CC(=O)Nc1ccc(NC(=O)CN(C)Cc2ccc(Br)cc2)cc1. The molecular formula is C18H20BrN3O2. The van der Waals surface area contributed by atoms with E-state index in [1.165, 1.54) is 6.92 Å². The first-order valence-corrected chi connectivity index (χ1v) is 8.32. The lowest BCUT2D eigenvalue weighted by Gasteiger charge is -2.16. The minimum Gasteiger partial charge on any atom is -0.326 e. The van der Waals surface area contributed by atoms with Crippen LogP contribution < -0.4 is 10.6 Å². The number of amides is 2. The van der Waals surface area contributed by atoms with E-state index in [0.29, 0.717) is 24.5 Å². The smallest absolute Gasteiger partial charge is 0.238 e. The minimum atomic E-state index is -0.124. The lowest BCUT2D eigenvalue weighted by atomic mass is 10.2. The normalized spacial score (nSPS) is 10.5. The minimum absolute atomic E-state index is 0.0816. The molecule has 2 amide bonds. The molecule has 0 radical (unpaired) electrons. The second-order valence-corrected chi connectivity index (χ2v) is 6.52. The van der Waals surface area contributed by atoms with Crippen LogP contribution in [0.2, 0.25) is 0 Å². The van der Waals surface area contributed by atoms with Gasteiger partial charge in [0.1, 0.15) is 0 Å². The van der Waals surface area contributed by atoms with Gasteiger partial charge in [0.05, 0.1) is 6.54 Å². The van der Waals surface area contributed by atoms with E-state index < -0.39 is 0 Å². The molecule has 6 heteroatoms. The van der Waals surface area contributed by atoms with E-state index in [-0.39, 0.29) is 11.8 Å². The zero-order valence-electron chi connectivity index (χ0n) is 13.7. The number of hydrogen-bond acceptors (Lipinski definition) is 3. The van der Waals surface area contributed by atoms with Crippen molar-refractivity contribution >= 4 is 39.1 Å². The maximum absolute atomic E-state index is 12.1. The fourth-order valence-electron chi connectivity index (χ4n) is 2.24. The highest BCUT2D eigenvalue weighted by atomic mass is 79.9. The Morgan fingerprint density at radius 2 is 1.50 bits per heavy atom. The third-order valence-corrected chi connectivity index (χ3v) is 3.80.